The number of hydrogen-bond donors (Lipinski definition) is 1. The van der Waals surface area contributed by atoms with Crippen molar-refractivity contribution < 1.29 is 18.0 Å². The maximum atomic E-state index is 13.7. The van der Waals surface area contributed by atoms with E-state index >= 15 is 0 Å². The summed E-state index contributed by atoms with van der Waals surface area (Å²) in [6.45, 7) is 10.8. The number of anilines is 1. The molecule has 0 saturated carbocycles. The summed E-state index contributed by atoms with van der Waals surface area (Å²) in [5.74, 6) is -0.744. The van der Waals surface area contributed by atoms with Crippen LogP contribution < -0.4 is 9.62 Å². The van der Waals surface area contributed by atoms with Crippen molar-refractivity contribution in [2.24, 2.45) is 0 Å². The highest BCUT2D eigenvalue weighted by Gasteiger charge is 2.33. The van der Waals surface area contributed by atoms with Gasteiger partial charge in [0.2, 0.25) is 11.8 Å². The average Bonchev–Trinajstić information content (AvgIpc) is 2.78. The fraction of sp³-hybridized carbons (Fsp3) is 0.481. The summed E-state index contributed by atoms with van der Waals surface area (Å²) < 4.78 is 28.9. The van der Waals surface area contributed by atoms with Gasteiger partial charge < -0.3 is 10.2 Å². The lowest BCUT2D eigenvalue weighted by molar-refractivity contribution is -0.139. The molecular formula is C27H40N4O4S. The van der Waals surface area contributed by atoms with Crippen molar-refractivity contribution >= 4 is 27.7 Å². The van der Waals surface area contributed by atoms with Gasteiger partial charge in [-0.15, -0.1) is 0 Å². The molecule has 0 saturated heterocycles. The van der Waals surface area contributed by atoms with E-state index in [-0.39, 0.29) is 12.5 Å². The largest absolute Gasteiger partial charge is 0.350 e. The molecule has 0 radical (unpaired) electrons. The molecule has 198 valence electrons. The van der Waals surface area contributed by atoms with Gasteiger partial charge in [0.1, 0.15) is 12.6 Å². The van der Waals surface area contributed by atoms with Crippen molar-refractivity contribution in [1.29, 1.82) is 0 Å². The molecule has 0 aliphatic heterocycles. The molecule has 8 nitrogen and oxygen atoms in total. The first-order valence-corrected chi connectivity index (χ1v) is 13.5. The van der Waals surface area contributed by atoms with Crippen LogP contribution in [0.15, 0.2) is 48.5 Å². The second-order valence-electron chi connectivity index (χ2n) is 10.3. The van der Waals surface area contributed by atoms with Crippen LogP contribution >= 0.6 is 0 Å². The van der Waals surface area contributed by atoms with E-state index in [9.17, 15) is 18.0 Å². The number of carbonyl (C=O) groups excluding carboxylic acids is 2. The van der Waals surface area contributed by atoms with Crippen LogP contribution in [0.1, 0.15) is 44.4 Å². The second kappa shape index (κ2) is 11.9. The van der Waals surface area contributed by atoms with Gasteiger partial charge in [-0.05, 0) is 70.7 Å². The Bertz CT molecular complexity index is 1160. The van der Waals surface area contributed by atoms with Crippen molar-refractivity contribution in [3.8, 4) is 0 Å². The van der Waals surface area contributed by atoms with Gasteiger partial charge in [-0.1, -0.05) is 42.5 Å². The molecule has 1 N–H and O–H groups in total. The lowest BCUT2D eigenvalue weighted by Crippen LogP contribution is -2.55. The normalized spacial score (nSPS) is 12.8. The van der Waals surface area contributed by atoms with Crippen LogP contribution in [0.3, 0.4) is 0 Å². The minimum absolute atomic E-state index is 0.268. The number of benzene rings is 2. The number of carbonyl (C=O) groups is 2. The number of nitrogens with zero attached hydrogens (tertiary/aromatic N) is 3. The van der Waals surface area contributed by atoms with Gasteiger partial charge in [0.05, 0.1) is 5.69 Å². The van der Waals surface area contributed by atoms with Crippen molar-refractivity contribution in [3.05, 3.63) is 65.2 Å². The number of hydrogen-bond acceptors (Lipinski definition) is 4. The summed E-state index contributed by atoms with van der Waals surface area (Å²) in [6.07, 6.45) is 0.531. The first-order valence-electron chi connectivity index (χ1n) is 12.1. The van der Waals surface area contributed by atoms with Gasteiger partial charge >= 0.3 is 10.2 Å². The highest BCUT2D eigenvalue weighted by atomic mass is 32.2. The number of amides is 2. The molecule has 0 heterocycles. The van der Waals surface area contributed by atoms with Crippen molar-refractivity contribution in [3.63, 3.8) is 0 Å². The van der Waals surface area contributed by atoms with Crippen LogP contribution in [0.4, 0.5) is 5.69 Å². The summed E-state index contributed by atoms with van der Waals surface area (Å²) in [4.78, 5) is 28.2. The molecule has 9 heteroatoms. The molecule has 2 aromatic carbocycles. The maximum absolute atomic E-state index is 13.7. The Hall–Kier alpha value is -2.91. The van der Waals surface area contributed by atoms with E-state index in [0.717, 1.165) is 25.3 Å². The molecule has 2 amide bonds. The van der Waals surface area contributed by atoms with Gasteiger partial charge in [0, 0.05) is 26.2 Å². The van der Waals surface area contributed by atoms with E-state index < -0.39 is 34.2 Å². The van der Waals surface area contributed by atoms with Crippen molar-refractivity contribution in [2.75, 3.05) is 31.5 Å². The predicted octanol–water partition coefficient (Wildman–Crippen LogP) is 3.29. The summed E-state index contributed by atoms with van der Waals surface area (Å²) in [5.41, 5.74) is 2.59. The van der Waals surface area contributed by atoms with E-state index in [1.807, 2.05) is 77.1 Å². The minimum Gasteiger partial charge on any atom is -0.350 e. The molecule has 0 aliphatic carbocycles. The Morgan fingerprint density at radius 1 is 1.00 bits per heavy atom. The van der Waals surface area contributed by atoms with E-state index in [1.165, 1.54) is 19.0 Å². The zero-order chi connectivity index (χ0) is 27.3. The lowest BCUT2D eigenvalue weighted by Gasteiger charge is -2.34. The van der Waals surface area contributed by atoms with E-state index in [2.05, 4.69) is 5.32 Å². The fourth-order valence-corrected chi connectivity index (χ4v) is 4.85. The maximum Gasteiger partial charge on any atom is 0.304 e. The molecule has 0 fully saturated rings. The molecule has 2 aromatic rings. The molecule has 0 spiro atoms. The van der Waals surface area contributed by atoms with Crippen LogP contribution in [-0.4, -0.2) is 68.2 Å². The number of aryl methyl sites for hydroxylation is 2. The van der Waals surface area contributed by atoms with Crippen LogP contribution in [0.25, 0.3) is 0 Å². The van der Waals surface area contributed by atoms with Gasteiger partial charge in [-0.2, -0.15) is 12.7 Å². The van der Waals surface area contributed by atoms with E-state index in [0.29, 0.717) is 12.1 Å². The van der Waals surface area contributed by atoms with Gasteiger partial charge in [-0.3, -0.25) is 9.59 Å². The van der Waals surface area contributed by atoms with Crippen molar-refractivity contribution in [2.45, 2.75) is 59.5 Å². The summed E-state index contributed by atoms with van der Waals surface area (Å²) in [5, 5.41) is 2.93. The molecular weight excluding hydrogens is 476 g/mol. The van der Waals surface area contributed by atoms with Gasteiger partial charge in [0.15, 0.2) is 0 Å². The zero-order valence-corrected chi connectivity index (χ0v) is 23.5. The van der Waals surface area contributed by atoms with Crippen LogP contribution in [-0.2, 0) is 26.2 Å². The summed E-state index contributed by atoms with van der Waals surface area (Å²) >= 11 is 0. The molecule has 0 bridgehead atoms. The third-order valence-corrected chi connectivity index (χ3v) is 7.61. The third-order valence-electron chi connectivity index (χ3n) is 5.80. The summed E-state index contributed by atoms with van der Waals surface area (Å²) in [7, 11) is -1.11. The molecule has 2 rings (SSSR count). The van der Waals surface area contributed by atoms with E-state index in [4.69, 9.17) is 0 Å². The van der Waals surface area contributed by atoms with Crippen LogP contribution in [0.2, 0.25) is 0 Å². The standard InChI is InChI=1S/C27H40N4O4S/c1-20-14-15-21(2)24(18-20)31(36(34,35)29(7)8)19-25(32)30(17-16-23-12-10-9-11-13-23)22(3)26(33)28-27(4,5)6/h9-15,18,22H,16-17,19H2,1-8H3,(H,28,33)/t22-/m0/s1. The average molecular weight is 517 g/mol. The first kappa shape index (κ1) is 29.3. The molecule has 1 atom stereocenters. The highest BCUT2D eigenvalue weighted by Crippen LogP contribution is 2.25. The number of rotatable bonds is 10. The third kappa shape index (κ3) is 7.80. The smallest absolute Gasteiger partial charge is 0.304 e. The number of nitrogens with one attached hydrogen (secondary N) is 1. The molecule has 0 unspecified atom stereocenters. The SMILES string of the molecule is Cc1ccc(C)c(N(CC(=O)N(CCc2ccccc2)[C@@H](C)C(=O)NC(C)(C)C)S(=O)(=O)N(C)C)c1. The lowest BCUT2D eigenvalue weighted by atomic mass is 10.1. The second-order valence-corrected chi connectivity index (χ2v) is 12.4. The first-order chi connectivity index (χ1) is 16.6. The quantitative estimate of drug-likeness (QED) is 0.525. The Balaban J connectivity index is 2.45. The monoisotopic (exact) mass is 516 g/mol. The minimum atomic E-state index is -3.98. The Morgan fingerprint density at radius 2 is 1.61 bits per heavy atom. The molecule has 0 aromatic heterocycles. The van der Waals surface area contributed by atoms with E-state index in [1.54, 1.807) is 13.0 Å². The van der Waals surface area contributed by atoms with Crippen LogP contribution in [0, 0.1) is 13.8 Å². The highest BCUT2D eigenvalue weighted by molar-refractivity contribution is 7.90. The zero-order valence-electron chi connectivity index (χ0n) is 22.7. The Morgan fingerprint density at radius 3 is 2.17 bits per heavy atom. The Labute approximate surface area is 216 Å². The Kier molecular flexibility index (Phi) is 9.68. The molecule has 36 heavy (non-hydrogen) atoms. The fourth-order valence-electron chi connectivity index (χ4n) is 3.73. The van der Waals surface area contributed by atoms with Gasteiger partial charge in [0.25, 0.3) is 0 Å². The molecule has 0 aliphatic rings. The predicted molar refractivity (Wildman–Crippen MR) is 145 cm³/mol. The summed E-state index contributed by atoms with van der Waals surface area (Å²) in [6, 6.07) is 14.4. The van der Waals surface area contributed by atoms with Crippen LogP contribution in [0.5, 0.6) is 0 Å². The topological polar surface area (TPSA) is 90.0 Å². The van der Waals surface area contributed by atoms with Gasteiger partial charge in [-0.25, -0.2) is 4.31 Å². The van der Waals surface area contributed by atoms with Crippen molar-refractivity contribution in [1.82, 2.24) is 14.5 Å².